The number of nitrogens with one attached hydrogen (secondary N) is 1. The third-order valence-corrected chi connectivity index (χ3v) is 7.13. The minimum absolute atomic E-state index is 0.243. The monoisotopic (exact) mass is 380 g/mol. The number of piperidine rings is 1. The van der Waals surface area contributed by atoms with Crippen molar-refractivity contribution in [2.75, 3.05) is 25.0 Å². The van der Waals surface area contributed by atoms with E-state index in [1.165, 1.54) is 13.5 Å². The average Bonchev–Trinajstić information content (AvgIpc) is 2.83. The molecule has 0 aromatic heterocycles. The lowest BCUT2D eigenvalue weighted by molar-refractivity contribution is 0.00578. The highest BCUT2D eigenvalue weighted by molar-refractivity contribution is 7.89. The number of anilines is 1. The summed E-state index contributed by atoms with van der Waals surface area (Å²) in [6.07, 6.45) is 3.46. The largest absolute Gasteiger partial charge is 0.494 e. The van der Waals surface area contributed by atoms with E-state index in [4.69, 9.17) is 9.31 Å². The Labute approximate surface area is 157 Å². The first-order valence-electron chi connectivity index (χ1n) is 9.25. The van der Waals surface area contributed by atoms with Crippen LogP contribution in [-0.4, -0.2) is 46.9 Å². The van der Waals surface area contributed by atoms with Gasteiger partial charge in [0.05, 0.1) is 16.1 Å². The third-order valence-electron chi connectivity index (χ3n) is 5.74. The van der Waals surface area contributed by atoms with E-state index in [0.29, 0.717) is 0 Å². The van der Waals surface area contributed by atoms with Crippen LogP contribution in [0.3, 0.4) is 0 Å². The molecule has 0 radical (unpaired) electrons. The van der Waals surface area contributed by atoms with Gasteiger partial charge in [-0.3, -0.25) is 0 Å². The first-order chi connectivity index (χ1) is 12.1. The van der Waals surface area contributed by atoms with E-state index in [2.05, 4.69) is 9.62 Å². The molecule has 1 aromatic carbocycles. The molecule has 2 fully saturated rings. The smallest absolute Gasteiger partial charge is 0.399 e. The van der Waals surface area contributed by atoms with Crippen LogP contribution in [0.25, 0.3) is 0 Å². The quantitative estimate of drug-likeness (QED) is 0.808. The van der Waals surface area contributed by atoms with Gasteiger partial charge in [0.15, 0.2) is 0 Å². The maximum atomic E-state index is 12.4. The lowest BCUT2D eigenvalue weighted by atomic mass is 9.79. The predicted octanol–water partition coefficient (Wildman–Crippen LogP) is 1.88. The Bertz CT molecular complexity index is 757. The summed E-state index contributed by atoms with van der Waals surface area (Å²) < 4.78 is 39.6. The molecule has 2 aliphatic heterocycles. The van der Waals surface area contributed by atoms with Gasteiger partial charge in [0.1, 0.15) is 0 Å². The first-order valence-corrected chi connectivity index (χ1v) is 10.7. The summed E-state index contributed by atoms with van der Waals surface area (Å²) in [5.74, 6) is 0. The van der Waals surface area contributed by atoms with Gasteiger partial charge in [-0.05, 0) is 77.7 Å². The van der Waals surface area contributed by atoms with E-state index < -0.39 is 28.3 Å². The van der Waals surface area contributed by atoms with E-state index in [0.717, 1.165) is 37.1 Å². The summed E-state index contributed by atoms with van der Waals surface area (Å²) in [6.45, 7) is 9.84. The van der Waals surface area contributed by atoms with Crippen LogP contribution in [0.4, 0.5) is 5.69 Å². The summed E-state index contributed by atoms with van der Waals surface area (Å²) in [5, 5.41) is 0. The molecule has 0 bridgehead atoms. The highest BCUT2D eigenvalue weighted by Crippen LogP contribution is 2.37. The van der Waals surface area contributed by atoms with Crippen LogP contribution >= 0.6 is 0 Å². The van der Waals surface area contributed by atoms with Crippen LogP contribution < -0.4 is 15.1 Å². The second-order valence-corrected chi connectivity index (χ2v) is 9.99. The van der Waals surface area contributed by atoms with Crippen molar-refractivity contribution in [2.24, 2.45) is 0 Å². The summed E-state index contributed by atoms with van der Waals surface area (Å²) in [6, 6.07) is 5.40. The van der Waals surface area contributed by atoms with Gasteiger partial charge >= 0.3 is 7.12 Å². The number of hydrogen-bond acceptors (Lipinski definition) is 5. The summed E-state index contributed by atoms with van der Waals surface area (Å²) >= 11 is 0. The number of hydrogen-bond donors (Lipinski definition) is 1. The normalized spacial score (nSPS) is 22.7. The number of benzene rings is 1. The second kappa shape index (κ2) is 6.82. The van der Waals surface area contributed by atoms with Crippen molar-refractivity contribution in [2.45, 2.75) is 63.1 Å². The van der Waals surface area contributed by atoms with Gasteiger partial charge in [0.2, 0.25) is 10.0 Å². The van der Waals surface area contributed by atoms with Crippen molar-refractivity contribution in [1.29, 1.82) is 0 Å². The van der Waals surface area contributed by atoms with Gasteiger partial charge in [-0.25, -0.2) is 13.1 Å². The first kappa shape index (κ1) is 19.7. The van der Waals surface area contributed by atoms with E-state index >= 15 is 0 Å². The third kappa shape index (κ3) is 3.65. The lowest BCUT2D eigenvalue weighted by Crippen LogP contribution is -2.41. The summed E-state index contributed by atoms with van der Waals surface area (Å²) in [5.41, 5.74) is 0.702. The van der Waals surface area contributed by atoms with Crippen LogP contribution in [-0.2, 0) is 19.3 Å². The molecule has 6 nitrogen and oxygen atoms in total. The Morgan fingerprint density at radius 3 is 2.12 bits per heavy atom. The van der Waals surface area contributed by atoms with Crippen LogP contribution in [0.15, 0.2) is 23.1 Å². The number of rotatable bonds is 4. The molecular formula is C18H29BN2O4S. The molecular weight excluding hydrogens is 351 g/mol. The number of nitrogens with zero attached hydrogens (tertiary/aromatic N) is 1. The Hall–Kier alpha value is -1.09. The van der Waals surface area contributed by atoms with Crippen molar-refractivity contribution in [1.82, 2.24) is 4.72 Å². The SMILES string of the molecule is CNS(=O)(=O)c1cc(B2OC(C)(C)C(C)(C)O2)cc(N2CCCCC2)c1. The highest BCUT2D eigenvalue weighted by Gasteiger charge is 2.52. The molecule has 8 heteroatoms. The van der Waals surface area contributed by atoms with Crippen molar-refractivity contribution in [3.8, 4) is 0 Å². The zero-order chi connectivity index (χ0) is 19.2. The van der Waals surface area contributed by atoms with Crippen LogP contribution in [0.2, 0.25) is 0 Å². The fraction of sp³-hybridized carbons (Fsp3) is 0.667. The molecule has 1 aromatic rings. The molecule has 0 unspecified atom stereocenters. The van der Waals surface area contributed by atoms with Crippen molar-refractivity contribution in [3.63, 3.8) is 0 Å². The zero-order valence-corrected chi connectivity index (χ0v) is 17.1. The molecule has 0 aliphatic carbocycles. The Morgan fingerprint density at radius 2 is 1.58 bits per heavy atom. The maximum Gasteiger partial charge on any atom is 0.494 e. The van der Waals surface area contributed by atoms with Gasteiger partial charge in [-0.1, -0.05) is 0 Å². The van der Waals surface area contributed by atoms with Gasteiger partial charge in [-0.15, -0.1) is 0 Å². The zero-order valence-electron chi connectivity index (χ0n) is 16.3. The molecule has 0 atom stereocenters. The van der Waals surface area contributed by atoms with E-state index in [9.17, 15) is 8.42 Å². The van der Waals surface area contributed by atoms with Gasteiger partial charge in [0, 0.05) is 18.8 Å². The molecule has 0 amide bonds. The van der Waals surface area contributed by atoms with Gasteiger partial charge in [0.25, 0.3) is 0 Å². The maximum absolute atomic E-state index is 12.4. The Morgan fingerprint density at radius 1 is 1.00 bits per heavy atom. The standard InChI is InChI=1S/C18H29BN2O4S/c1-17(2)18(3,4)25-19(24-17)14-11-15(21-9-7-6-8-10-21)13-16(12-14)26(22,23)20-5/h11-13,20H,6-10H2,1-5H3. The fourth-order valence-corrected chi connectivity index (χ4v) is 4.13. The van der Waals surface area contributed by atoms with Crippen LogP contribution in [0, 0.1) is 0 Å². The minimum Gasteiger partial charge on any atom is -0.399 e. The molecule has 0 saturated carbocycles. The molecule has 3 rings (SSSR count). The average molecular weight is 380 g/mol. The van der Waals surface area contributed by atoms with Crippen LogP contribution in [0.1, 0.15) is 47.0 Å². The second-order valence-electron chi connectivity index (χ2n) is 8.10. The summed E-state index contributed by atoms with van der Waals surface area (Å²) in [4.78, 5) is 2.49. The van der Waals surface area contributed by atoms with E-state index in [1.807, 2.05) is 33.8 Å². The molecule has 0 spiro atoms. The summed E-state index contributed by atoms with van der Waals surface area (Å²) in [7, 11) is -2.72. The molecule has 1 N–H and O–H groups in total. The van der Waals surface area contributed by atoms with Crippen molar-refractivity contribution < 1.29 is 17.7 Å². The van der Waals surface area contributed by atoms with E-state index in [-0.39, 0.29) is 4.90 Å². The number of sulfonamides is 1. The van der Waals surface area contributed by atoms with Crippen molar-refractivity contribution in [3.05, 3.63) is 18.2 Å². The van der Waals surface area contributed by atoms with E-state index in [1.54, 1.807) is 12.1 Å². The molecule has 26 heavy (non-hydrogen) atoms. The van der Waals surface area contributed by atoms with Gasteiger partial charge < -0.3 is 14.2 Å². The molecule has 144 valence electrons. The van der Waals surface area contributed by atoms with Gasteiger partial charge in [-0.2, -0.15) is 0 Å². The minimum atomic E-state index is -3.56. The van der Waals surface area contributed by atoms with Crippen molar-refractivity contribution >= 4 is 28.3 Å². The predicted molar refractivity (Wildman–Crippen MR) is 104 cm³/mol. The Balaban J connectivity index is 2.03. The van der Waals surface area contributed by atoms with Crippen LogP contribution in [0.5, 0.6) is 0 Å². The lowest BCUT2D eigenvalue weighted by Gasteiger charge is -2.32. The molecule has 2 aliphatic rings. The molecule has 2 heterocycles. The topological polar surface area (TPSA) is 67.9 Å². The fourth-order valence-electron chi connectivity index (χ4n) is 3.33. The Kier molecular flexibility index (Phi) is 5.16. The highest BCUT2D eigenvalue weighted by atomic mass is 32.2. The molecule has 2 saturated heterocycles.